The maximum Gasteiger partial charge on any atom is 0.264 e. The Morgan fingerprint density at radius 3 is 2.76 bits per heavy atom. The molecule has 2 amide bonds. The van der Waals surface area contributed by atoms with Crippen LogP contribution in [0.5, 0.6) is 0 Å². The van der Waals surface area contributed by atoms with Crippen molar-refractivity contribution in [3.8, 4) is 0 Å². The maximum atomic E-state index is 12.6. The van der Waals surface area contributed by atoms with Crippen molar-refractivity contribution in [1.29, 1.82) is 0 Å². The van der Waals surface area contributed by atoms with Crippen molar-refractivity contribution < 1.29 is 9.59 Å². The van der Waals surface area contributed by atoms with Gasteiger partial charge >= 0.3 is 0 Å². The lowest BCUT2D eigenvalue weighted by molar-refractivity contribution is -0.125. The van der Waals surface area contributed by atoms with E-state index < -0.39 is 0 Å². The normalized spacial score (nSPS) is 18.1. The summed E-state index contributed by atoms with van der Waals surface area (Å²) < 4.78 is 0. The second-order valence-corrected chi connectivity index (χ2v) is 7.52. The van der Waals surface area contributed by atoms with Crippen LogP contribution >= 0.6 is 11.3 Å². The van der Waals surface area contributed by atoms with Crippen LogP contribution in [-0.2, 0) is 11.2 Å². The van der Waals surface area contributed by atoms with E-state index >= 15 is 0 Å². The lowest BCUT2D eigenvalue weighted by Gasteiger charge is -2.25. The molecule has 1 aliphatic heterocycles. The Bertz CT molecular complexity index is 700. The summed E-state index contributed by atoms with van der Waals surface area (Å²) in [5.41, 5.74) is 1.28. The average molecular weight is 356 g/mol. The van der Waals surface area contributed by atoms with Gasteiger partial charge in [0.1, 0.15) is 6.04 Å². The third-order valence-corrected chi connectivity index (χ3v) is 5.50. The van der Waals surface area contributed by atoms with Crippen LogP contribution in [0.1, 0.15) is 41.4 Å². The van der Waals surface area contributed by atoms with Gasteiger partial charge in [-0.1, -0.05) is 36.4 Å². The number of nitrogens with zero attached hydrogens (tertiary/aromatic N) is 1. The van der Waals surface area contributed by atoms with Crippen LogP contribution in [0.3, 0.4) is 0 Å². The molecule has 0 unspecified atom stereocenters. The van der Waals surface area contributed by atoms with Crippen LogP contribution in [0, 0.1) is 0 Å². The zero-order valence-corrected chi connectivity index (χ0v) is 15.3. The second-order valence-electron chi connectivity index (χ2n) is 6.57. The highest BCUT2D eigenvalue weighted by molar-refractivity contribution is 7.12. The fourth-order valence-electron chi connectivity index (χ4n) is 3.26. The fourth-order valence-corrected chi connectivity index (χ4v) is 3.94. The number of carbonyl (C=O) groups is 2. The van der Waals surface area contributed by atoms with E-state index in [1.807, 2.05) is 42.6 Å². The van der Waals surface area contributed by atoms with E-state index in [-0.39, 0.29) is 23.9 Å². The number of amides is 2. The average Bonchev–Trinajstić information content (AvgIpc) is 3.32. The van der Waals surface area contributed by atoms with Crippen molar-refractivity contribution in [2.45, 2.75) is 44.7 Å². The number of thiophene rings is 1. The van der Waals surface area contributed by atoms with Crippen molar-refractivity contribution in [1.82, 2.24) is 10.2 Å². The van der Waals surface area contributed by atoms with Crippen molar-refractivity contribution in [3.05, 3.63) is 58.3 Å². The summed E-state index contributed by atoms with van der Waals surface area (Å²) in [7, 11) is 0. The van der Waals surface area contributed by atoms with E-state index in [2.05, 4.69) is 17.4 Å². The van der Waals surface area contributed by atoms with Gasteiger partial charge < -0.3 is 10.2 Å². The molecule has 0 radical (unpaired) electrons. The molecule has 1 aromatic carbocycles. The topological polar surface area (TPSA) is 49.4 Å². The lowest BCUT2D eigenvalue weighted by Crippen LogP contribution is -2.48. The van der Waals surface area contributed by atoms with Gasteiger partial charge in [-0.05, 0) is 49.6 Å². The molecule has 1 N–H and O–H groups in total. The minimum atomic E-state index is -0.339. The summed E-state index contributed by atoms with van der Waals surface area (Å²) in [6, 6.07) is 13.7. The molecule has 3 rings (SSSR count). The summed E-state index contributed by atoms with van der Waals surface area (Å²) in [6.07, 6.45) is 3.45. The van der Waals surface area contributed by atoms with Crippen molar-refractivity contribution >= 4 is 23.2 Å². The van der Waals surface area contributed by atoms with Crippen molar-refractivity contribution in [2.75, 3.05) is 6.54 Å². The molecule has 25 heavy (non-hydrogen) atoms. The van der Waals surface area contributed by atoms with Crippen molar-refractivity contribution in [2.24, 2.45) is 0 Å². The molecule has 132 valence electrons. The van der Waals surface area contributed by atoms with Gasteiger partial charge in [-0.2, -0.15) is 0 Å². The molecule has 1 saturated heterocycles. The predicted molar refractivity (Wildman–Crippen MR) is 101 cm³/mol. The first kappa shape index (κ1) is 17.7. The van der Waals surface area contributed by atoms with Gasteiger partial charge in [0.05, 0.1) is 4.88 Å². The molecule has 4 nitrogen and oxygen atoms in total. The first-order chi connectivity index (χ1) is 12.1. The number of carbonyl (C=O) groups excluding carboxylic acids is 2. The lowest BCUT2D eigenvalue weighted by atomic mass is 10.1. The highest BCUT2D eigenvalue weighted by Crippen LogP contribution is 2.22. The van der Waals surface area contributed by atoms with E-state index in [4.69, 9.17) is 0 Å². The SMILES string of the molecule is C[C@@H](CCc1ccccc1)NC(=O)[C@H]1CCCN1C(=O)c1cccs1. The molecule has 0 saturated carbocycles. The molecule has 0 bridgehead atoms. The van der Waals surface area contributed by atoms with Crippen LogP contribution in [0.15, 0.2) is 47.8 Å². The van der Waals surface area contributed by atoms with Crippen LogP contribution in [0.4, 0.5) is 0 Å². The monoisotopic (exact) mass is 356 g/mol. The molecule has 2 atom stereocenters. The Balaban J connectivity index is 1.53. The molecule has 5 heteroatoms. The van der Waals surface area contributed by atoms with E-state index in [0.29, 0.717) is 11.4 Å². The van der Waals surface area contributed by atoms with E-state index in [0.717, 1.165) is 25.7 Å². The Morgan fingerprint density at radius 2 is 2.04 bits per heavy atom. The van der Waals surface area contributed by atoms with Crippen LogP contribution < -0.4 is 5.32 Å². The Kier molecular flexibility index (Phi) is 5.87. The van der Waals surface area contributed by atoms with Crippen LogP contribution in [0.25, 0.3) is 0 Å². The molecule has 1 aliphatic rings. The molecule has 1 fully saturated rings. The number of benzene rings is 1. The number of rotatable bonds is 6. The van der Waals surface area contributed by atoms with E-state index in [9.17, 15) is 9.59 Å². The summed E-state index contributed by atoms with van der Waals surface area (Å²) in [4.78, 5) is 27.7. The molecular formula is C20H24N2O2S. The van der Waals surface area contributed by atoms with Gasteiger partial charge in [0, 0.05) is 12.6 Å². The molecule has 2 heterocycles. The Hall–Kier alpha value is -2.14. The molecule has 0 spiro atoms. The maximum absolute atomic E-state index is 12.6. The molecule has 2 aromatic rings. The highest BCUT2D eigenvalue weighted by Gasteiger charge is 2.35. The van der Waals surface area contributed by atoms with Crippen molar-refractivity contribution in [3.63, 3.8) is 0 Å². The van der Waals surface area contributed by atoms with Gasteiger partial charge in [0.2, 0.25) is 5.91 Å². The predicted octanol–water partition coefficient (Wildman–Crippen LogP) is 3.49. The number of nitrogens with one attached hydrogen (secondary N) is 1. The smallest absolute Gasteiger partial charge is 0.264 e. The fraction of sp³-hybridized carbons (Fsp3) is 0.400. The number of hydrogen-bond acceptors (Lipinski definition) is 3. The zero-order chi connectivity index (χ0) is 17.6. The largest absolute Gasteiger partial charge is 0.352 e. The molecule has 0 aliphatic carbocycles. The van der Waals surface area contributed by atoms with Gasteiger partial charge in [-0.25, -0.2) is 0 Å². The summed E-state index contributed by atoms with van der Waals surface area (Å²) >= 11 is 1.43. The third-order valence-electron chi connectivity index (χ3n) is 4.65. The van der Waals surface area contributed by atoms with Crippen LogP contribution in [0.2, 0.25) is 0 Å². The first-order valence-electron chi connectivity index (χ1n) is 8.84. The van der Waals surface area contributed by atoms with Crippen LogP contribution in [-0.4, -0.2) is 35.3 Å². The standard InChI is InChI=1S/C20H24N2O2S/c1-15(11-12-16-7-3-2-4-8-16)21-19(23)17-9-5-13-22(17)20(24)18-10-6-14-25-18/h2-4,6-8,10,14-15,17H,5,9,11-13H2,1H3,(H,21,23)/t15-,17+/m0/s1. The number of likely N-dealkylation sites (tertiary alicyclic amines) is 1. The first-order valence-corrected chi connectivity index (χ1v) is 9.72. The van der Waals surface area contributed by atoms with Gasteiger partial charge in [0.25, 0.3) is 5.91 Å². The minimum Gasteiger partial charge on any atom is -0.352 e. The Morgan fingerprint density at radius 1 is 1.24 bits per heavy atom. The number of hydrogen-bond donors (Lipinski definition) is 1. The van der Waals surface area contributed by atoms with E-state index in [1.165, 1.54) is 16.9 Å². The summed E-state index contributed by atoms with van der Waals surface area (Å²) in [6.45, 7) is 2.69. The quantitative estimate of drug-likeness (QED) is 0.861. The second kappa shape index (κ2) is 8.30. The van der Waals surface area contributed by atoms with E-state index in [1.54, 1.807) is 4.90 Å². The zero-order valence-electron chi connectivity index (χ0n) is 14.5. The minimum absolute atomic E-state index is 0.0235. The van der Waals surface area contributed by atoms with Gasteiger partial charge in [-0.3, -0.25) is 9.59 Å². The Labute approximate surface area is 152 Å². The summed E-state index contributed by atoms with van der Waals surface area (Å²) in [5.74, 6) is -0.0486. The molecular weight excluding hydrogens is 332 g/mol. The molecule has 1 aromatic heterocycles. The summed E-state index contributed by atoms with van der Waals surface area (Å²) in [5, 5.41) is 4.99. The van der Waals surface area contributed by atoms with Gasteiger partial charge in [0.15, 0.2) is 0 Å². The highest BCUT2D eigenvalue weighted by atomic mass is 32.1. The number of aryl methyl sites for hydroxylation is 1. The van der Waals surface area contributed by atoms with Gasteiger partial charge in [-0.15, -0.1) is 11.3 Å². The third kappa shape index (κ3) is 4.48.